The molecule has 21 nitrogen and oxygen atoms in total. The summed E-state index contributed by atoms with van der Waals surface area (Å²) in [6.07, 6.45) is 2.31. The lowest BCUT2D eigenvalue weighted by Crippen LogP contribution is -3.00. The summed E-state index contributed by atoms with van der Waals surface area (Å²) >= 11 is 1.34. The number of amidine groups is 1. The van der Waals surface area contributed by atoms with Crippen LogP contribution in [0.4, 0.5) is 8.78 Å². The number of para-hydroxylation sites is 2. The first-order chi connectivity index (χ1) is 50.8. The number of allylic oxidation sites excluding steroid dienone is 2. The van der Waals surface area contributed by atoms with Gasteiger partial charge in [-0.25, -0.2) is 37.3 Å². The number of benzene rings is 8. The Hall–Kier alpha value is -9.91. The van der Waals surface area contributed by atoms with E-state index in [9.17, 15) is 9.59 Å². The van der Waals surface area contributed by atoms with Gasteiger partial charge in [0.25, 0.3) is 5.91 Å². The average Bonchev–Trinajstić information content (AvgIpc) is 1.58. The molecule has 4 atom stereocenters. The van der Waals surface area contributed by atoms with Crippen molar-refractivity contribution in [1.82, 2.24) is 19.7 Å². The molecule has 0 saturated carbocycles. The van der Waals surface area contributed by atoms with Gasteiger partial charge in [-0.1, -0.05) is 187 Å². The van der Waals surface area contributed by atoms with Crippen LogP contribution in [-0.4, -0.2) is 122 Å². The number of thioether (sulfide) groups is 1. The van der Waals surface area contributed by atoms with E-state index < -0.39 is 106 Å². The lowest BCUT2D eigenvalue weighted by molar-refractivity contribution is -0.661. The molecule has 1 fully saturated rings. The molecule has 1 saturated heterocycles. The molecule has 0 radical (unpaired) electrons. The van der Waals surface area contributed by atoms with Crippen LogP contribution in [0.5, 0.6) is 17.2 Å². The van der Waals surface area contributed by atoms with Crippen LogP contribution in [0.25, 0.3) is 11.0 Å². The molecule has 0 aliphatic carbocycles. The van der Waals surface area contributed by atoms with Gasteiger partial charge in [0, 0.05) is 48.6 Å². The van der Waals surface area contributed by atoms with Gasteiger partial charge in [-0.3, -0.25) is 19.4 Å². The first-order valence-corrected chi connectivity index (χ1v) is 35.5. The number of carbonyl (C=O) groups excluding carboxylic acids is 4. The zero-order chi connectivity index (χ0) is 72.5. The topological polar surface area (TPSA) is 213 Å². The molecule has 8 aromatic carbocycles. The predicted molar refractivity (Wildman–Crippen MR) is 387 cm³/mol. The van der Waals surface area contributed by atoms with Crippen LogP contribution >= 0.6 is 11.8 Å². The van der Waals surface area contributed by atoms with Crippen molar-refractivity contribution >= 4 is 62.4 Å². The van der Waals surface area contributed by atoms with Crippen molar-refractivity contribution in [3.8, 4) is 17.2 Å². The van der Waals surface area contributed by atoms with Gasteiger partial charge in [0.2, 0.25) is 29.8 Å². The van der Waals surface area contributed by atoms with Crippen LogP contribution in [0, 0.1) is 11.6 Å². The van der Waals surface area contributed by atoms with Gasteiger partial charge >= 0.3 is 11.9 Å². The van der Waals surface area contributed by atoms with Crippen LogP contribution in [0.3, 0.4) is 0 Å². The number of carbonyl (C=O) groups is 4. The number of β-lactam (4-membered cyclic amide) rings is 1. The summed E-state index contributed by atoms with van der Waals surface area (Å²) in [4.78, 5) is 74.9. The molecule has 26 heteroatoms. The molecule has 4 heterocycles. The SMILES string of the molecule is COCCOCOc1c(F)cc(C(ON=S2C=C(N(C(C)=O)[C@@H]3C(=O)N4C(C(=O)OCc5ccc(OC)cc5)=C(C=CC[n+]5cn(C)c6ccccc65)CSC34)N=C2NC(c2ccccc2)(c2ccccc2)c2ccccc2)C(=O)OC(c2ccccc2)c2ccccc2)c(F)c1OCOCCOC.[I-]. The lowest BCUT2D eigenvalue weighted by atomic mass is 9.77. The highest BCUT2D eigenvalue weighted by Gasteiger charge is 2.58. The zero-order valence-corrected chi connectivity index (χ0v) is 61.8. The number of nitrogens with zero attached hydrogens (tertiary/aromatic N) is 6. The molecule has 0 bridgehead atoms. The van der Waals surface area contributed by atoms with Crippen molar-refractivity contribution in [2.75, 3.05) is 67.1 Å². The third kappa shape index (κ3) is 17.2. The Morgan fingerprint density at radius 2 is 1.31 bits per heavy atom. The van der Waals surface area contributed by atoms with Crippen LogP contribution in [0.15, 0.2) is 257 Å². The number of imidazole rings is 1. The second kappa shape index (κ2) is 36.2. The standard InChI is InChI=1S/C79H76F2N7O14S2.HI/c1-53(89)87(69-74(90)88-68(76(91)98-47-54-37-39-61(95-5)40-38-54)57(48-103-75(69)88)28-23-41-86-50-85(2)64-35-21-22-36-65(64)86)66-49-104(78(82-66)83-79(58-29-15-8-16-30-58,59-31-17-9-18-32-59)60-33-19-10-20-34-60)84-102-71(77(92)101-70(55-24-11-6-12-25-55)56-26-13-7-14-27-56)62-46-63(80)72(99-51-96-44-42-93-3)73(67(62)81)100-52-97-45-43-94-4;/h6-40,46,49-50,69-71,75H,41-45,47-48,51-52H2,1-5H3,(H,82,83);1H/q+1;/p-1/t69-,71?,75?,104?;/m1./s1. The number of fused-ring (bicyclic) bond motifs is 2. The Kier molecular flexibility index (Phi) is 26.3. The van der Waals surface area contributed by atoms with E-state index in [4.69, 9.17) is 57.0 Å². The lowest BCUT2D eigenvalue weighted by Gasteiger charge is -2.52. The van der Waals surface area contributed by atoms with Crippen molar-refractivity contribution in [2.24, 2.45) is 16.6 Å². The van der Waals surface area contributed by atoms with Crippen LogP contribution < -0.4 is 48.1 Å². The number of hydrogen-bond acceptors (Lipinski definition) is 18. The van der Waals surface area contributed by atoms with Gasteiger partial charge in [0.15, 0.2) is 47.5 Å². The number of halogens is 3. The fourth-order valence-corrected chi connectivity index (χ4v) is 14.9. The molecule has 2 amide bonds. The Bertz CT molecular complexity index is 4540. The van der Waals surface area contributed by atoms with Gasteiger partial charge in [-0.05, 0) is 75.4 Å². The minimum Gasteiger partial charge on any atom is -1.00 e. The normalized spacial score (nSPS) is 15.9. The Morgan fingerprint density at radius 1 is 0.752 bits per heavy atom. The fraction of sp³-hybridized carbons (Fsp3) is 0.241. The maximum atomic E-state index is 18.1. The van der Waals surface area contributed by atoms with Gasteiger partial charge in [-0.2, -0.15) is 0 Å². The minimum absolute atomic E-state index is 0. The third-order valence-corrected chi connectivity index (χ3v) is 19.9. The molecule has 9 aromatic rings. The number of nitrogens with one attached hydrogen (secondary N) is 1. The Labute approximate surface area is 630 Å². The van der Waals surface area contributed by atoms with Crippen molar-refractivity contribution in [3.05, 3.63) is 298 Å². The van der Waals surface area contributed by atoms with E-state index in [1.54, 1.807) is 92.0 Å². The fourth-order valence-electron chi connectivity index (χ4n) is 12.3. The number of aromatic nitrogens is 2. The van der Waals surface area contributed by atoms with Gasteiger partial charge in [0.05, 0.1) is 40.6 Å². The first kappa shape index (κ1) is 76.2. The van der Waals surface area contributed by atoms with Gasteiger partial charge < -0.3 is 71.9 Å². The molecule has 3 aliphatic heterocycles. The summed E-state index contributed by atoms with van der Waals surface area (Å²) in [7, 11) is 4.54. The third-order valence-electron chi connectivity index (χ3n) is 17.4. The number of aliphatic imine (C=N–C) groups is 1. The summed E-state index contributed by atoms with van der Waals surface area (Å²) in [5.74, 6) is -6.56. The highest BCUT2D eigenvalue weighted by Crippen LogP contribution is 2.46. The molecule has 3 aliphatic rings. The highest BCUT2D eigenvalue weighted by molar-refractivity contribution is 8.05. The van der Waals surface area contributed by atoms with Gasteiger partial charge in [0.1, 0.15) is 47.4 Å². The van der Waals surface area contributed by atoms with E-state index >= 15 is 18.4 Å². The maximum Gasteiger partial charge on any atom is 0.355 e. The number of aryl methyl sites for hydroxylation is 1. The molecule has 544 valence electrons. The minimum atomic E-state index is -2.26. The van der Waals surface area contributed by atoms with Crippen molar-refractivity contribution in [2.45, 2.75) is 49.2 Å². The smallest absolute Gasteiger partial charge is 0.355 e. The summed E-state index contributed by atoms with van der Waals surface area (Å²) in [5, 5.41) is 4.40. The molecule has 3 unspecified atom stereocenters. The summed E-state index contributed by atoms with van der Waals surface area (Å²) in [6.45, 7) is 0.717. The molecule has 12 rings (SSSR count). The largest absolute Gasteiger partial charge is 1.00 e. The molecular formula is C79H76F2IN7O14S2. The zero-order valence-electron chi connectivity index (χ0n) is 58.0. The second-order valence-electron chi connectivity index (χ2n) is 23.9. The van der Waals surface area contributed by atoms with Crippen LogP contribution in [0.2, 0.25) is 0 Å². The van der Waals surface area contributed by atoms with E-state index in [1.165, 1.54) is 48.1 Å². The van der Waals surface area contributed by atoms with Crippen molar-refractivity contribution in [1.29, 1.82) is 0 Å². The van der Waals surface area contributed by atoms with E-state index in [0.717, 1.165) is 27.7 Å². The van der Waals surface area contributed by atoms with E-state index in [-0.39, 0.29) is 79.4 Å². The number of ether oxygens (including phenoxy) is 9. The quantitative estimate of drug-likeness (QED) is 0.00609. The first-order valence-electron chi connectivity index (χ1n) is 33.3. The summed E-state index contributed by atoms with van der Waals surface area (Å²) < 4.78 is 94.6. The monoisotopic (exact) mass is 1580 g/mol. The second-order valence-corrected chi connectivity index (χ2v) is 26.4. The van der Waals surface area contributed by atoms with Crippen molar-refractivity contribution in [3.63, 3.8) is 0 Å². The molecule has 1 aromatic heterocycles. The van der Waals surface area contributed by atoms with E-state index in [2.05, 4.69) is 9.88 Å². The number of amides is 2. The number of methoxy groups -OCH3 is 3. The summed E-state index contributed by atoms with van der Waals surface area (Å²) in [5.41, 5.74) is 4.33. The Morgan fingerprint density at radius 3 is 1.89 bits per heavy atom. The van der Waals surface area contributed by atoms with Crippen LogP contribution in [-0.2, 0) is 88.9 Å². The highest BCUT2D eigenvalue weighted by atomic mass is 127. The number of hydrogen-bond donors (Lipinski definition) is 1. The van der Waals surface area contributed by atoms with E-state index in [1.807, 2.05) is 145 Å². The molecule has 1 N–H and O–H groups in total. The van der Waals surface area contributed by atoms with E-state index in [0.29, 0.717) is 40.6 Å². The molecule has 105 heavy (non-hydrogen) atoms. The van der Waals surface area contributed by atoms with Gasteiger partial charge in [-0.15, -0.1) is 11.8 Å². The number of esters is 2. The molecular weight excluding hydrogens is 1500 g/mol. The Balaban J connectivity index is 0.0000110. The van der Waals surface area contributed by atoms with Crippen LogP contribution in [0.1, 0.15) is 58.1 Å². The number of rotatable bonds is 32. The molecule has 0 spiro atoms. The maximum absolute atomic E-state index is 18.1. The predicted octanol–water partition coefficient (Wildman–Crippen LogP) is 9.00. The average molecular weight is 1580 g/mol. The summed E-state index contributed by atoms with van der Waals surface area (Å²) in [6, 6.07) is 60.6. The van der Waals surface area contributed by atoms with Crippen molar-refractivity contribution < 1.29 is 104 Å².